The molecule has 0 saturated carbocycles. The van der Waals surface area contributed by atoms with E-state index in [0.717, 1.165) is 4.68 Å². The molecule has 0 aliphatic rings. The van der Waals surface area contributed by atoms with Crippen LogP contribution in [0.5, 0.6) is 0 Å². The lowest BCUT2D eigenvalue weighted by Crippen LogP contribution is -2.21. The summed E-state index contributed by atoms with van der Waals surface area (Å²) in [5.41, 5.74) is 0.591. The highest BCUT2D eigenvalue weighted by molar-refractivity contribution is 6.17. The van der Waals surface area contributed by atoms with Gasteiger partial charge in [-0.25, -0.2) is 4.68 Å². The Morgan fingerprint density at radius 3 is 2.61 bits per heavy atom. The molecule has 3 nitrogen and oxygen atoms in total. The van der Waals surface area contributed by atoms with Crippen LogP contribution in [-0.2, 0) is 18.9 Å². The van der Waals surface area contributed by atoms with E-state index < -0.39 is 12.5 Å². The van der Waals surface area contributed by atoms with E-state index in [9.17, 15) is 8.78 Å². The number of rotatable bonds is 5. The molecular weight excluding hydrogens is 260 g/mol. The highest BCUT2D eigenvalue weighted by atomic mass is 35.5. The second kappa shape index (κ2) is 5.44. The van der Waals surface area contributed by atoms with Crippen LogP contribution < -0.4 is 0 Å². The molecule has 0 bridgehead atoms. The number of benzene rings is 1. The maximum absolute atomic E-state index is 13.9. The first kappa shape index (κ1) is 13.0. The summed E-state index contributed by atoms with van der Waals surface area (Å²) in [7, 11) is 0. The molecule has 0 saturated heterocycles. The van der Waals surface area contributed by atoms with E-state index in [-0.39, 0.29) is 5.56 Å². The lowest BCUT2D eigenvalue weighted by atomic mass is 10.1. The normalized spacial score (nSPS) is 11.7. The van der Waals surface area contributed by atoms with Crippen LogP contribution in [0.1, 0.15) is 11.3 Å². The molecule has 0 atom stereocenters. The Bertz CT molecular complexity index is 499. The van der Waals surface area contributed by atoms with Gasteiger partial charge in [0.2, 0.25) is 0 Å². The van der Waals surface area contributed by atoms with Crippen LogP contribution >= 0.6 is 11.6 Å². The second-order valence-corrected chi connectivity index (χ2v) is 4.29. The molecule has 0 radical (unpaired) electrons. The molecule has 0 aliphatic heterocycles. The summed E-state index contributed by atoms with van der Waals surface area (Å²) in [6.45, 7) is -0.522. The number of aryl methyl sites for hydroxylation is 1. The molecule has 0 unspecified atom stereocenters. The molecule has 1 aromatic carbocycles. The molecule has 0 spiro atoms. The Kier molecular flexibility index (Phi) is 3.91. The van der Waals surface area contributed by atoms with E-state index >= 15 is 0 Å². The predicted octanol–water partition coefficient (Wildman–Crippen LogP) is 2.85. The van der Waals surface area contributed by atoms with Crippen molar-refractivity contribution in [3.63, 3.8) is 0 Å². The Balaban J connectivity index is 2.12. The van der Waals surface area contributed by atoms with E-state index in [1.165, 1.54) is 18.3 Å². The molecule has 1 heterocycles. The zero-order valence-electron chi connectivity index (χ0n) is 9.56. The van der Waals surface area contributed by atoms with Crippen LogP contribution in [0.15, 0.2) is 36.5 Å². The zero-order chi connectivity index (χ0) is 13.0. The summed E-state index contributed by atoms with van der Waals surface area (Å²) in [5, 5.41) is 7.45. The van der Waals surface area contributed by atoms with Gasteiger partial charge in [-0.15, -0.1) is 16.7 Å². The fraction of sp³-hybridized carbons (Fsp3) is 0.333. The number of hydrogen-bond acceptors (Lipinski definition) is 2. The SMILES string of the molecule is FC(F)(Cn1cc(CCCl)nn1)c1ccccc1. The minimum Gasteiger partial charge on any atom is -0.246 e. The third kappa shape index (κ3) is 3.04. The minimum absolute atomic E-state index is 0.0283. The first-order valence-electron chi connectivity index (χ1n) is 5.50. The lowest BCUT2D eigenvalue weighted by molar-refractivity contribution is -0.0258. The average molecular weight is 272 g/mol. The van der Waals surface area contributed by atoms with Crippen molar-refractivity contribution in [1.29, 1.82) is 0 Å². The maximum atomic E-state index is 13.9. The van der Waals surface area contributed by atoms with E-state index in [2.05, 4.69) is 10.3 Å². The fourth-order valence-electron chi connectivity index (χ4n) is 1.60. The van der Waals surface area contributed by atoms with Crippen LogP contribution in [0.4, 0.5) is 8.78 Å². The Labute approximate surface area is 108 Å². The van der Waals surface area contributed by atoms with Crippen molar-refractivity contribution in [2.75, 3.05) is 5.88 Å². The molecule has 2 rings (SSSR count). The topological polar surface area (TPSA) is 30.7 Å². The summed E-state index contributed by atoms with van der Waals surface area (Å²) >= 11 is 5.55. The molecule has 2 aromatic rings. The van der Waals surface area contributed by atoms with Crippen molar-refractivity contribution in [2.24, 2.45) is 0 Å². The molecular formula is C12H12ClF2N3. The van der Waals surface area contributed by atoms with Gasteiger partial charge in [0.15, 0.2) is 0 Å². The third-order valence-corrected chi connectivity index (χ3v) is 2.68. The Hall–Kier alpha value is -1.49. The van der Waals surface area contributed by atoms with Crippen LogP contribution in [0, 0.1) is 0 Å². The van der Waals surface area contributed by atoms with Gasteiger partial charge >= 0.3 is 0 Å². The van der Waals surface area contributed by atoms with Crippen molar-refractivity contribution in [2.45, 2.75) is 18.9 Å². The van der Waals surface area contributed by atoms with Gasteiger partial charge in [0.05, 0.1) is 5.69 Å². The van der Waals surface area contributed by atoms with Crippen molar-refractivity contribution in [3.8, 4) is 0 Å². The number of nitrogens with zero attached hydrogens (tertiary/aromatic N) is 3. The number of aromatic nitrogens is 3. The monoisotopic (exact) mass is 271 g/mol. The van der Waals surface area contributed by atoms with Gasteiger partial charge in [-0.1, -0.05) is 35.5 Å². The minimum atomic E-state index is -2.97. The first-order chi connectivity index (χ1) is 8.62. The first-order valence-corrected chi connectivity index (χ1v) is 6.03. The summed E-state index contributed by atoms with van der Waals surface area (Å²) < 4.78 is 29.0. The van der Waals surface area contributed by atoms with Crippen LogP contribution in [0.3, 0.4) is 0 Å². The van der Waals surface area contributed by atoms with Crippen LogP contribution in [0.2, 0.25) is 0 Å². The maximum Gasteiger partial charge on any atom is 0.292 e. The van der Waals surface area contributed by atoms with Gasteiger partial charge in [-0.2, -0.15) is 8.78 Å². The van der Waals surface area contributed by atoms with E-state index in [4.69, 9.17) is 11.6 Å². The molecule has 0 N–H and O–H groups in total. The highest BCUT2D eigenvalue weighted by Gasteiger charge is 2.32. The lowest BCUT2D eigenvalue weighted by Gasteiger charge is -2.15. The quantitative estimate of drug-likeness (QED) is 0.783. The van der Waals surface area contributed by atoms with Gasteiger partial charge in [0.25, 0.3) is 5.92 Å². The molecule has 6 heteroatoms. The molecule has 96 valence electrons. The average Bonchev–Trinajstić information content (AvgIpc) is 2.77. The Morgan fingerprint density at radius 2 is 1.94 bits per heavy atom. The molecule has 1 aromatic heterocycles. The standard InChI is InChI=1S/C12H12ClF2N3/c13-7-6-11-8-18(17-16-11)9-12(14,15)10-4-2-1-3-5-10/h1-5,8H,6-7,9H2. The fourth-order valence-corrected chi connectivity index (χ4v) is 1.80. The van der Waals surface area contributed by atoms with Gasteiger partial charge < -0.3 is 0 Å². The summed E-state index contributed by atoms with van der Waals surface area (Å²) in [6, 6.07) is 7.67. The van der Waals surface area contributed by atoms with E-state index in [1.54, 1.807) is 18.2 Å². The number of alkyl halides is 3. The zero-order valence-corrected chi connectivity index (χ0v) is 10.3. The van der Waals surface area contributed by atoms with Crippen LogP contribution in [-0.4, -0.2) is 20.9 Å². The smallest absolute Gasteiger partial charge is 0.246 e. The van der Waals surface area contributed by atoms with Crippen molar-refractivity contribution in [3.05, 3.63) is 47.8 Å². The summed E-state index contributed by atoms with van der Waals surface area (Å²) in [5.74, 6) is -2.57. The largest absolute Gasteiger partial charge is 0.292 e. The van der Waals surface area contributed by atoms with Gasteiger partial charge in [-0.05, 0) is 0 Å². The van der Waals surface area contributed by atoms with E-state index in [0.29, 0.717) is 18.0 Å². The van der Waals surface area contributed by atoms with Gasteiger partial charge in [0.1, 0.15) is 6.54 Å². The molecule has 0 fully saturated rings. The number of halogens is 3. The van der Waals surface area contributed by atoms with E-state index in [1.807, 2.05) is 0 Å². The van der Waals surface area contributed by atoms with Gasteiger partial charge in [-0.3, -0.25) is 0 Å². The molecule has 0 amide bonds. The predicted molar refractivity (Wildman–Crippen MR) is 64.8 cm³/mol. The van der Waals surface area contributed by atoms with Crippen molar-refractivity contribution in [1.82, 2.24) is 15.0 Å². The second-order valence-electron chi connectivity index (χ2n) is 3.92. The molecule has 18 heavy (non-hydrogen) atoms. The van der Waals surface area contributed by atoms with Crippen molar-refractivity contribution < 1.29 is 8.78 Å². The molecule has 0 aliphatic carbocycles. The third-order valence-electron chi connectivity index (χ3n) is 2.49. The van der Waals surface area contributed by atoms with Crippen LogP contribution in [0.25, 0.3) is 0 Å². The van der Waals surface area contributed by atoms with Gasteiger partial charge in [0, 0.05) is 24.1 Å². The Morgan fingerprint density at radius 1 is 1.22 bits per heavy atom. The van der Waals surface area contributed by atoms with Crippen molar-refractivity contribution >= 4 is 11.6 Å². The highest BCUT2D eigenvalue weighted by Crippen LogP contribution is 2.29. The summed E-state index contributed by atoms with van der Waals surface area (Å²) in [6.07, 6.45) is 2.03. The summed E-state index contributed by atoms with van der Waals surface area (Å²) in [4.78, 5) is 0. The number of hydrogen-bond donors (Lipinski definition) is 0.